The predicted octanol–water partition coefficient (Wildman–Crippen LogP) is 1.12. The van der Waals surface area contributed by atoms with E-state index < -0.39 is 0 Å². The van der Waals surface area contributed by atoms with Crippen LogP contribution >= 0.6 is 11.5 Å². The maximum atomic E-state index is 11.9. The lowest BCUT2D eigenvalue weighted by molar-refractivity contribution is 0.103. The van der Waals surface area contributed by atoms with Crippen LogP contribution in [0.2, 0.25) is 0 Å². The van der Waals surface area contributed by atoms with Crippen molar-refractivity contribution in [1.82, 2.24) is 13.9 Å². The Labute approximate surface area is 90.5 Å². The number of hydrogen-bond acceptors (Lipinski definition) is 5. The van der Waals surface area contributed by atoms with Gasteiger partial charge in [0.1, 0.15) is 10.6 Å². The van der Waals surface area contributed by atoms with Crippen molar-refractivity contribution in [2.45, 2.75) is 0 Å². The quantitative estimate of drug-likeness (QED) is 0.731. The topological polar surface area (TPSA) is 57.0 Å². The molecule has 0 saturated carbocycles. The second-order valence-electron chi connectivity index (χ2n) is 2.95. The number of carbonyl (C=O) groups is 1. The Balaban J connectivity index is 2.32. The van der Waals surface area contributed by atoms with Crippen LogP contribution in [0.1, 0.15) is 15.4 Å². The Hall–Kier alpha value is -1.69. The summed E-state index contributed by atoms with van der Waals surface area (Å²) in [6.07, 6.45) is 3.13. The first-order chi connectivity index (χ1) is 7.22. The highest BCUT2D eigenvalue weighted by molar-refractivity contribution is 7.08. The van der Waals surface area contributed by atoms with Gasteiger partial charge in [0.2, 0.25) is 11.7 Å². The summed E-state index contributed by atoms with van der Waals surface area (Å²) in [5, 5.41) is 0. The fourth-order valence-electron chi connectivity index (χ4n) is 1.16. The van der Waals surface area contributed by atoms with E-state index in [4.69, 9.17) is 4.74 Å². The van der Waals surface area contributed by atoms with Crippen LogP contribution in [0.15, 0.2) is 18.6 Å². The number of carbonyl (C=O) groups excluding carboxylic acids is 1. The van der Waals surface area contributed by atoms with Crippen LogP contribution in [-0.2, 0) is 7.05 Å². The lowest BCUT2D eigenvalue weighted by Crippen LogP contribution is -2.04. The molecule has 0 saturated heterocycles. The molecule has 15 heavy (non-hydrogen) atoms. The standard InChI is InChI=1S/C9H9N3O2S/c1-12-5-10-4-6(12)9(13)7-3-8(14-2)11-15-7/h3-5H,1-2H3. The van der Waals surface area contributed by atoms with Crippen LogP contribution in [-0.4, -0.2) is 26.8 Å². The largest absolute Gasteiger partial charge is 0.480 e. The Morgan fingerprint density at radius 3 is 2.93 bits per heavy atom. The number of nitrogens with zero attached hydrogens (tertiary/aromatic N) is 3. The van der Waals surface area contributed by atoms with E-state index in [1.807, 2.05) is 0 Å². The monoisotopic (exact) mass is 223 g/mol. The summed E-state index contributed by atoms with van der Waals surface area (Å²) >= 11 is 1.12. The molecule has 0 aliphatic carbocycles. The van der Waals surface area contributed by atoms with Gasteiger partial charge in [-0.3, -0.25) is 4.79 Å². The van der Waals surface area contributed by atoms with Crippen LogP contribution in [0.5, 0.6) is 5.88 Å². The third-order valence-corrected chi connectivity index (χ3v) is 2.74. The van der Waals surface area contributed by atoms with E-state index in [1.165, 1.54) is 13.3 Å². The molecule has 0 aliphatic heterocycles. The molecule has 0 amide bonds. The fourth-order valence-corrected chi connectivity index (χ4v) is 1.82. The van der Waals surface area contributed by atoms with E-state index >= 15 is 0 Å². The average Bonchev–Trinajstić information content (AvgIpc) is 2.84. The van der Waals surface area contributed by atoms with Crippen LogP contribution in [0.25, 0.3) is 0 Å². The van der Waals surface area contributed by atoms with Crippen LogP contribution in [0, 0.1) is 0 Å². The van der Waals surface area contributed by atoms with E-state index in [0.29, 0.717) is 16.5 Å². The van der Waals surface area contributed by atoms with Crippen molar-refractivity contribution >= 4 is 17.3 Å². The van der Waals surface area contributed by atoms with Gasteiger partial charge >= 0.3 is 0 Å². The molecular weight excluding hydrogens is 214 g/mol. The Morgan fingerprint density at radius 2 is 2.40 bits per heavy atom. The highest BCUT2D eigenvalue weighted by Crippen LogP contribution is 2.19. The molecule has 0 N–H and O–H groups in total. The third-order valence-electron chi connectivity index (χ3n) is 1.97. The Kier molecular flexibility index (Phi) is 2.51. The molecule has 0 fully saturated rings. The minimum Gasteiger partial charge on any atom is -0.480 e. The van der Waals surface area contributed by atoms with E-state index in [2.05, 4.69) is 9.36 Å². The van der Waals surface area contributed by atoms with E-state index in [9.17, 15) is 4.79 Å². The summed E-state index contributed by atoms with van der Waals surface area (Å²) < 4.78 is 10.6. The Bertz CT molecular complexity index is 489. The molecule has 0 radical (unpaired) electrons. The second-order valence-corrected chi connectivity index (χ2v) is 3.76. The number of imidazole rings is 1. The first-order valence-corrected chi connectivity index (χ1v) is 5.01. The van der Waals surface area contributed by atoms with Gasteiger partial charge in [-0.05, 0) is 11.5 Å². The van der Waals surface area contributed by atoms with Gasteiger partial charge in [-0.1, -0.05) is 0 Å². The van der Waals surface area contributed by atoms with Crippen molar-refractivity contribution < 1.29 is 9.53 Å². The third kappa shape index (κ3) is 1.75. The highest BCUT2D eigenvalue weighted by Gasteiger charge is 2.16. The molecule has 0 spiro atoms. The molecule has 0 bridgehead atoms. The zero-order valence-corrected chi connectivity index (χ0v) is 9.11. The number of rotatable bonds is 3. The minimum absolute atomic E-state index is 0.0872. The number of aryl methyl sites for hydroxylation is 1. The molecule has 78 valence electrons. The van der Waals surface area contributed by atoms with Crippen molar-refractivity contribution in [3.8, 4) is 5.88 Å². The van der Waals surface area contributed by atoms with Crippen molar-refractivity contribution in [1.29, 1.82) is 0 Å². The van der Waals surface area contributed by atoms with E-state index in [-0.39, 0.29) is 5.78 Å². The van der Waals surface area contributed by atoms with Gasteiger partial charge < -0.3 is 9.30 Å². The SMILES string of the molecule is COc1cc(C(=O)c2cncn2C)sn1. The zero-order chi connectivity index (χ0) is 10.8. The van der Waals surface area contributed by atoms with Gasteiger partial charge in [0, 0.05) is 13.1 Å². The van der Waals surface area contributed by atoms with Gasteiger partial charge in [0.25, 0.3) is 0 Å². The average molecular weight is 223 g/mol. The van der Waals surface area contributed by atoms with Gasteiger partial charge in [0.15, 0.2) is 0 Å². The molecule has 2 aromatic heterocycles. The maximum Gasteiger partial charge on any atom is 0.225 e. The molecule has 6 heteroatoms. The molecule has 0 aromatic carbocycles. The molecule has 5 nitrogen and oxygen atoms in total. The molecule has 0 unspecified atom stereocenters. The van der Waals surface area contributed by atoms with Gasteiger partial charge in [-0.15, -0.1) is 0 Å². The summed E-state index contributed by atoms with van der Waals surface area (Å²) in [5.41, 5.74) is 0.543. The fraction of sp³-hybridized carbons (Fsp3) is 0.222. The summed E-state index contributed by atoms with van der Waals surface area (Å²) in [4.78, 5) is 16.4. The molecule has 0 aliphatic rings. The lowest BCUT2D eigenvalue weighted by atomic mass is 10.2. The first kappa shape index (κ1) is 9.85. The summed E-state index contributed by atoms with van der Waals surface area (Å²) in [7, 11) is 3.30. The summed E-state index contributed by atoms with van der Waals surface area (Å²) in [6.45, 7) is 0. The first-order valence-electron chi connectivity index (χ1n) is 4.24. The second kappa shape index (κ2) is 3.82. The van der Waals surface area contributed by atoms with Gasteiger partial charge in [0.05, 0.1) is 19.6 Å². The highest BCUT2D eigenvalue weighted by atomic mass is 32.1. The number of methoxy groups -OCH3 is 1. The smallest absolute Gasteiger partial charge is 0.225 e. The molecular formula is C9H9N3O2S. The van der Waals surface area contributed by atoms with Crippen LogP contribution in [0.4, 0.5) is 0 Å². The van der Waals surface area contributed by atoms with Gasteiger partial charge in [-0.25, -0.2) is 4.98 Å². The van der Waals surface area contributed by atoms with Crippen LogP contribution in [0.3, 0.4) is 0 Å². The molecule has 2 aromatic rings. The summed E-state index contributed by atoms with van der Waals surface area (Å²) in [5.74, 6) is 0.376. The lowest BCUT2D eigenvalue weighted by Gasteiger charge is -1.96. The van der Waals surface area contributed by atoms with Crippen molar-refractivity contribution in [2.24, 2.45) is 7.05 Å². The predicted molar refractivity (Wildman–Crippen MR) is 55.3 cm³/mol. The van der Waals surface area contributed by atoms with Gasteiger partial charge in [-0.2, -0.15) is 4.37 Å². The summed E-state index contributed by atoms with van der Waals surface area (Å²) in [6, 6.07) is 1.62. The van der Waals surface area contributed by atoms with Crippen LogP contribution < -0.4 is 4.74 Å². The maximum absolute atomic E-state index is 11.9. The minimum atomic E-state index is -0.0872. The number of hydrogen-bond donors (Lipinski definition) is 0. The van der Waals surface area contributed by atoms with Crippen molar-refractivity contribution in [2.75, 3.05) is 7.11 Å². The number of aromatic nitrogens is 3. The normalized spacial score (nSPS) is 10.3. The Morgan fingerprint density at radius 1 is 1.60 bits per heavy atom. The molecule has 2 heterocycles. The van der Waals surface area contributed by atoms with E-state index in [0.717, 1.165) is 11.5 Å². The van der Waals surface area contributed by atoms with Crippen molar-refractivity contribution in [3.05, 3.63) is 29.2 Å². The molecule has 0 atom stereocenters. The van der Waals surface area contributed by atoms with E-state index in [1.54, 1.807) is 24.0 Å². The number of ether oxygens (including phenoxy) is 1. The molecule has 2 rings (SSSR count). The van der Waals surface area contributed by atoms with Crippen molar-refractivity contribution in [3.63, 3.8) is 0 Å². The number of ketones is 1. The zero-order valence-electron chi connectivity index (χ0n) is 8.30.